The largest absolute Gasteiger partial charge is 0.493 e. The third-order valence-corrected chi connectivity index (χ3v) is 3.75. The number of nitriles is 1. The highest BCUT2D eigenvalue weighted by Gasteiger charge is 2.09. The molecule has 3 aromatic rings. The highest BCUT2D eigenvalue weighted by atomic mass is 35.5. The topological polar surface area (TPSA) is 55.1 Å². The lowest BCUT2D eigenvalue weighted by Crippen LogP contribution is -2.00. The van der Waals surface area contributed by atoms with Crippen LogP contribution >= 0.6 is 11.6 Å². The molecule has 0 amide bonds. The number of para-hydroxylation sites is 1. The van der Waals surface area contributed by atoms with Crippen LogP contribution in [-0.4, -0.2) is 12.1 Å². The lowest BCUT2D eigenvalue weighted by Gasteiger charge is -2.12. The first-order valence-electron chi connectivity index (χ1n) is 6.96. The number of pyridine rings is 1. The van der Waals surface area contributed by atoms with Crippen LogP contribution in [-0.2, 0) is 6.61 Å². The Morgan fingerprint density at radius 2 is 1.96 bits per heavy atom. The molecule has 1 heterocycles. The molecule has 0 spiro atoms. The Balaban J connectivity index is 1.86. The first-order valence-corrected chi connectivity index (χ1v) is 7.34. The summed E-state index contributed by atoms with van der Waals surface area (Å²) < 4.78 is 11.0. The Bertz CT molecular complexity index is 903. The van der Waals surface area contributed by atoms with Crippen molar-refractivity contribution < 1.29 is 9.47 Å². The van der Waals surface area contributed by atoms with Crippen LogP contribution < -0.4 is 9.47 Å². The average molecular weight is 325 g/mol. The van der Waals surface area contributed by atoms with Crippen molar-refractivity contribution in [3.63, 3.8) is 0 Å². The fourth-order valence-electron chi connectivity index (χ4n) is 2.25. The van der Waals surface area contributed by atoms with Gasteiger partial charge in [0.1, 0.15) is 11.8 Å². The average Bonchev–Trinajstić information content (AvgIpc) is 2.59. The van der Waals surface area contributed by atoms with Gasteiger partial charge in [-0.3, -0.25) is 0 Å². The smallest absolute Gasteiger partial charge is 0.162 e. The number of fused-ring (bicyclic) bond motifs is 1. The molecule has 114 valence electrons. The molecule has 0 fully saturated rings. The maximum absolute atomic E-state index is 8.92. The van der Waals surface area contributed by atoms with Crippen LogP contribution in [0.3, 0.4) is 0 Å². The summed E-state index contributed by atoms with van der Waals surface area (Å²) in [4.78, 5) is 4.37. The molecule has 0 radical (unpaired) electrons. The molecule has 0 N–H and O–H groups in total. The number of hydrogen-bond acceptors (Lipinski definition) is 4. The van der Waals surface area contributed by atoms with Gasteiger partial charge in [-0.2, -0.15) is 5.26 Å². The summed E-state index contributed by atoms with van der Waals surface area (Å²) in [7, 11) is 1.54. The highest BCUT2D eigenvalue weighted by Crippen LogP contribution is 2.29. The van der Waals surface area contributed by atoms with Crippen molar-refractivity contribution in [1.82, 2.24) is 4.98 Å². The number of ether oxygens (including phenoxy) is 2. The van der Waals surface area contributed by atoms with Crippen molar-refractivity contribution in [1.29, 1.82) is 5.26 Å². The van der Waals surface area contributed by atoms with Crippen LogP contribution in [0.1, 0.15) is 11.1 Å². The molecule has 1 aromatic heterocycles. The first-order chi connectivity index (χ1) is 11.2. The van der Waals surface area contributed by atoms with E-state index in [1.54, 1.807) is 18.2 Å². The Morgan fingerprint density at radius 1 is 1.13 bits per heavy atom. The van der Waals surface area contributed by atoms with Gasteiger partial charge in [0, 0.05) is 17.0 Å². The predicted octanol–water partition coefficient (Wildman–Crippen LogP) is 4.35. The molecule has 0 atom stereocenters. The molecule has 0 saturated heterocycles. The molecule has 0 saturated carbocycles. The van der Waals surface area contributed by atoms with E-state index in [-0.39, 0.29) is 6.61 Å². The number of rotatable bonds is 4. The number of aromatic nitrogens is 1. The standard InChI is InChI=1S/C18H13ClN2O2/c1-22-17-8-12(10-20)6-7-16(17)23-11-14-9-13-4-2-3-5-15(13)21-18(14)19/h2-9H,11H2,1H3. The fourth-order valence-corrected chi connectivity index (χ4v) is 2.45. The van der Waals surface area contributed by atoms with Gasteiger partial charge in [0.25, 0.3) is 0 Å². The van der Waals surface area contributed by atoms with Crippen molar-refractivity contribution in [2.75, 3.05) is 7.11 Å². The van der Waals surface area contributed by atoms with Crippen LogP contribution in [0.4, 0.5) is 0 Å². The van der Waals surface area contributed by atoms with E-state index in [0.717, 1.165) is 16.5 Å². The number of nitrogens with zero attached hydrogens (tertiary/aromatic N) is 2. The summed E-state index contributed by atoms with van der Waals surface area (Å²) in [5, 5.41) is 10.3. The molecule has 23 heavy (non-hydrogen) atoms. The SMILES string of the molecule is COc1cc(C#N)ccc1OCc1cc2ccccc2nc1Cl. The van der Waals surface area contributed by atoms with E-state index in [0.29, 0.717) is 22.2 Å². The highest BCUT2D eigenvalue weighted by molar-refractivity contribution is 6.30. The zero-order valence-corrected chi connectivity index (χ0v) is 13.2. The third kappa shape index (κ3) is 3.20. The van der Waals surface area contributed by atoms with Gasteiger partial charge in [-0.1, -0.05) is 29.8 Å². The van der Waals surface area contributed by atoms with Crippen molar-refractivity contribution in [3.05, 3.63) is 64.8 Å². The maximum Gasteiger partial charge on any atom is 0.162 e. The normalized spacial score (nSPS) is 10.3. The molecule has 0 unspecified atom stereocenters. The molecule has 0 aliphatic heterocycles. The maximum atomic E-state index is 8.92. The van der Waals surface area contributed by atoms with Gasteiger partial charge in [0.05, 0.1) is 24.3 Å². The van der Waals surface area contributed by atoms with Crippen LogP contribution in [0.5, 0.6) is 11.5 Å². The molecule has 0 bridgehead atoms. The molecule has 5 heteroatoms. The quantitative estimate of drug-likeness (QED) is 0.670. The monoisotopic (exact) mass is 324 g/mol. The van der Waals surface area contributed by atoms with Gasteiger partial charge in [-0.25, -0.2) is 4.98 Å². The fraction of sp³-hybridized carbons (Fsp3) is 0.111. The second kappa shape index (κ2) is 6.55. The van der Waals surface area contributed by atoms with E-state index >= 15 is 0 Å². The van der Waals surface area contributed by atoms with Crippen LogP contribution in [0.15, 0.2) is 48.5 Å². The first kappa shape index (κ1) is 15.1. The summed E-state index contributed by atoms with van der Waals surface area (Å²) >= 11 is 6.23. The molecular formula is C18H13ClN2O2. The van der Waals surface area contributed by atoms with Crippen LogP contribution in [0.25, 0.3) is 10.9 Å². The number of benzene rings is 2. The van der Waals surface area contributed by atoms with E-state index < -0.39 is 0 Å². The molecule has 2 aromatic carbocycles. The number of halogens is 1. The van der Waals surface area contributed by atoms with Crippen molar-refractivity contribution in [3.8, 4) is 17.6 Å². The second-order valence-corrected chi connectivity index (χ2v) is 5.26. The summed E-state index contributed by atoms with van der Waals surface area (Å²) in [5.41, 5.74) is 2.15. The van der Waals surface area contributed by atoms with E-state index in [1.807, 2.05) is 30.3 Å². The van der Waals surface area contributed by atoms with E-state index in [2.05, 4.69) is 11.1 Å². The van der Waals surface area contributed by atoms with Crippen molar-refractivity contribution >= 4 is 22.5 Å². The van der Waals surface area contributed by atoms with Crippen LogP contribution in [0, 0.1) is 11.3 Å². The molecule has 0 aliphatic rings. The molecule has 3 rings (SSSR count). The van der Waals surface area contributed by atoms with E-state index in [1.165, 1.54) is 7.11 Å². The zero-order chi connectivity index (χ0) is 16.2. The van der Waals surface area contributed by atoms with Gasteiger partial charge in [-0.05, 0) is 24.3 Å². The minimum Gasteiger partial charge on any atom is -0.493 e. The molecule has 4 nitrogen and oxygen atoms in total. The lowest BCUT2D eigenvalue weighted by atomic mass is 10.1. The van der Waals surface area contributed by atoms with Crippen molar-refractivity contribution in [2.45, 2.75) is 6.61 Å². The van der Waals surface area contributed by atoms with E-state index in [9.17, 15) is 0 Å². The third-order valence-electron chi connectivity index (χ3n) is 3.43. The molecular weight excluding hydrogens is 312 g/mol. The van der Waals surface area contributed by atoms with E-state index in [4.69, 9.17) is 26.3 Å². The van der Waals surface area contributed by atoms with Crippen LogP contribution in [0.2, 0.25) is 5.15 Å². The minimum atomic E-state index is 0.263. The lowest BCUT2D eigenvalue weighted by molar-refractivity contribution is 0.284. The summed E-state index contributed by atoms with van der Waals surface area (Å²) in [6, 6.07) is 16.8. The van der Waals surface area contributed by atoms with Gasteiger partial charge in [0.15, 0.2) is 11.5 Å². The predicted molar refractivity (Wildman–Crippen MR) is 88.8 cm³/mol. The Kier molecular flexibility index (Phi) is 4.31. The Hall–Kier alpha value is -2.77. The van der Waals surface area contributed by atoms with Crippen molar-refractivity contribution in [2.24, 2.45) is 0 Å². The summed E-state index contributed by atoms with van der Waals surface area (Å²) in [6.45, 7) is 0.263. The Morgan fingerprint density at radius 3 is 2.74 bits per heavy atom. The molecule has 0 aliphatic carbocycles. The van der Waals surface area contributed by atoms with Gasteiger partial charge < -0.3 is 9.47 Å². The number of hydrogen-bond donors (Lipinski definition) is 0. The van der Waals surface area contributed by atoms with Gasteiger partial charge >= 0.3 is 0 Å². The minimum absolute atomic E-state index is 0.263. The Labute approximate surface area is 138 Å². The number of methoxy groups -OCH3 is 1. The van der Waals surface area contributed by atoms with Gasteiger partial charge in [-0.15, -0.1) is 0 Å². The zero-order valence-electron chi connectivity index (χ0n) is 12.4. The summed E-state index contributed by atoms with van der Waals surface area (Å²) in [6.07, 6.45) is 0. The second-order valence-electron chi connectivity index (χ2n) is 4.90. The summed E-state index contributed by atoms with van der Waals surface area (Å²) in [5.74, 6) is 1.06. The van der Waals surface area contributed by atoms with Gasteiger partial charge in [0.2, 0.25) is 0 Å².